The van der Waals surface area contributed by atoms with Crippen molar-refractivity contribution in [3.63, 3.8) is 0 Å². The third-order valence-corrected chi connectivity index (χ3v) is 7.00. The first-order valence-electron chi connectivity index (χ1n) is 12.7. The van der Waals surface area contributed by atoms with Gasteiger partial charge in [0.2, 0.25) is 0 Å². The topological polar surface area (TPSA) is 99.5 Å². The van der Waals surface area contributed by atoms with Crippen LogP contribution in [0.2, 0.25) is 5.02 Å². The number of nitrogens with zero attached hydrogens (tertiary/aromatic N) is 5. The second kappa shape index (κ2) is 11.6. The number of carboxylic acid groups (broad SMARTS) is 1. The minimum absolute atomic E-state index is 0.0205. The SMILES string of the molecule is O=C(O)CCCCc1nc2cc(C(=O)N3CCN(c4ccncc4)CC3)ccc2nc1-c1ccc(Cl)cc1. The van der Waals surface area contributed by atoms with Crippen LogP contribution in [0.3, 0.4) is 0 Å². The Labute approximate surface area is 225 Å². The molecule has 5 rings (SSSR count). The molecule has 194 valence electrons. The minimum Gasteiger partial charge on any atom is -0.481 e. The van der Waals surface area contributed by atoms with Crippen molar-refractivity contribution in [2.24, 2.45) is 0 Å². The fraction of sp³-hybridized carbons (Fsp3) is 0.276. The van der Waals surface area contributed by atoms with Crippen molar-refractivity contribution in [3.8, 4) is 11.3 Å². The summed E-state index contributed by atoms with van der Waals surface area (Å²) in [6.45, 7) is 2.78. The molecule has 4 aromatic rings. The Morgan fingerprint density at radius 2 is 1.61 bits per heavy atom. The third-order valence-electron chi connectivity index (χ3n) is 6.75. The summed E-state index contributed by atoms with van der Waals surface area (Å²) in [5.74, 6) is -0.829. The van der Waals surface area contributed by atoms with Gasteiger partial charge >= 0.3 is 5.97 Å². The normalized spacial score (nSPS) is 13.6. The zero-order chi connectivity index (χ0) is 26.5. The molecule has 3 heterocycles. The standard InChI is InChI=1S/C29H28ClN5O3/c30-22-8-5-20(6-9-22)28-25(3-1-2-4-27(36)37)32-26-19-21(7-10-24(26)33-28)29(38)35-17-15-34(16-18-35)23-11-13-31-14-12-23/h5-14,19H,1-4,15-18H2,(H,36,37). The number of carbonyl (C=O) groups is 2. The molecular formula is C29H28ClN5O3. The highest BCUT2D eigenvalue weighted by Gasteiger charge is 2.23. The van der Waals surface area contributed by atoms with Gasteiger partial charge in [0.15, 0.2) is 0 Å². The van der Waals surface area contributed by atoms with E-state index in [1.807, 2.05) is 59.5 Å². The van der Waals surface area contributed by atoms with Gasteiger partial charge in [-0.3, -0.25) is 14.6 Å². The van der Waals surface area contributed by atoms with Crippen molar-refractivity contribution in [3.05, 3.63) is 83.3 Å². The summed E-state index contributed by atoms with van der Waals surface area (Å²) in [5, 5.41) is 9.63. The highest BCUT2D eigenvalue weighted by molar-refractivity contribution is 6.30. The zero-order valence-corrected chi connectivity index (χ0v) is 21.6. The van der Waals surface area contributed by atoms with Crippen LogP contribution in [0.4, 0.5) is 5.69 Å². The van der Waals surface area contributed by atoms with Gasteiger partial charge in [-0.15, -0.1) is 0 Å². The van der Waals surface area contributed by atoms with E-state index in [0.717, 1.165) is 35.7 Å². The quantitative estimate of drug-likeness (QED) is 0.317. The van der Waals surface area contributed by atoms with Gasteiger partial charge in [-0.2, -0.15) is 0 Å². The van der Waals surface area contributed by atoms with Crippen LogP contribution in [0.15, 0.2) is 67.0 Å². The molecule has 1 saturated heterocycles. The van der Waals surface area contributed by atoms with Crippen LogP contribution in [0.25, 0.3) is 22.3 Å². The maximum absolute atomic E-state index is 13.3. The predicted octanol–water partition coefficient (Wildman–Crippen LogP) is 5.11. The number of aromatic nitrogens is 3. The van der Waals surface area contributed by atoms with Crippen LogP contribution in [-0.4, -0.2) is 63.0 Å². The third kappa shape index (κ3) is 5.92. The number of unbranched alkanes of at least 4 members (excludes halogenated alkanes) is 1. The van der Waals surface area contributed by atoms with E-state index in [4.69, 9.17) is 26.7 Å². The predicted molar refractivity (Wildman–Crippen MR) is 148 cm³/mol. The number of amides is 1. The number of anilines is 1. The number of fused-ring (bicyclic) bond motifs is 1. The minimum atomic E-state index is -0.808. The molecule has 0 atom stereocenters. The maximum atomic E-state index is 13.3. The van der Waals surface area contributed by atoms with Crippen LogP contribution in [0.5, 0.6) is 0 Å². The number of carbonyl (C=O) groups excluding carboxylic acids is 1. The van der Waals surface area contributed by atoms with Crippen molar-refractivity contribution < 1.29 is 14.7 Å². The summed E-state index contributed by atoms with van der Waals surface area (Å²) in [7, 11) is 0. The largest absolute Gasteiger partial charge is 0.481 e. The number of aliphatic carboxylic acids is 1. The lowest BCUT2D eigenvalue weighted by atomic mass is 10.0. The molecule has 8 nitrogen and oxygen atoms in total. The fourth-order valence-electron chi connectivity index (χ4n) is 4.71. The molecule has 1 fully saturated rings. The number of hydrogen-bond acceptors (Lipinski definition) is 6. The maximum Gasteiger partial charge on any atom is 0.303 e. The molecular weight excluding hydrogens is 502 g/mol. The Morgan fingerprint density at radius 1 is 0.868 bits per heavy atom. The molecule has 0 saturated carbocycles. The molecule has 1 aliphatic rings. The van der Waals surface area contributed by atoms with Gasteiger partial charge in [0.05, 0.1) is 22.4 Å². The molecule has 0 unspecified atom stereocenters. The van der Waals surface area contributed by atoms with Crippen molar-refractivity contribution in [1.82, 2.24) is 19.9 Å². The summed E-state index contributed by atoms with van der Waals surface area (Å²) in [6, 6.07) is 16.9. The highest BCUT2D eigenvalue weighted by atomic mass is 35.5. The lowest BCUT2D eigenvalue weighted by Crippen LogP contribution is -2.48. The van der Waals surface area contributed by atoms with Gasteiger partial charge in [0.25, 0.3) is 5.91 Å². The van der Waals surface area contributed by atoms with E-state index in [0.29, 0.717) is 54.0 Å². The van der Waals surface area contributed by atoms with Crippen LogP contribution < -0.4 is 4.90 Å². The summed E-state index contributed by atoms with van der Waals surface area (Å²) >= 11 is 6.08. The average molecular weight is 530 g/mol. The molecule has 1 aliphatic heterocycles. The second-order valence-electron chi connectivity index (χ2n) is 9.31. The van der Waals surface area contributed by atoms with Crippen LogP contribution in [0.1, 0.15) is 35.3 Å². The Morgan fingerprint density at radius 3 is 2.32 bits per heavy atom. The number of aryl methyl sites for hydroxylation is 1. The molecule has 2 aromatic carbocycles. The fourth-order valence-corrected chi connectivity index (χ4v) is 4.84. The molecule has 0 aliphatic carbocycles. The van der Waals surface area contributed by atoms with Gasteiger partial charge in [-0.05, 0) is 61.7 Å². The van der Waals surface area contributed by atoms with E-state index in [2.05, 4.69) is 9.88 Å². The van der Waals surface area contributed by atoms with Crippen LogP contribution >= 0.6 is 11.6 Å². The second-order valence-corrected chi connectivity index (χ2v) is 9.75. The van der Waals surface area contributed by atoms with Crippen molar-refractivity contribution in [2.45, 2.75) is 25.7 Å². The lowest BCUT2D eigenvalue weighted by molar-refractivity contribution is -0.137. The number of piperazine rings is 1. The van der Waals surface area contributed by atoms with Gasteiger partial charge in [-0.1, -0.05) is 23.7 Å². The first-order chi connectivity index (χ1) is 18.5. The van der Waals surface area contributed by atoms with E-state index < -0.39 is 5.97 Å². The molecule has 0 radical (unpaired) electrons. The Balaban J connectivity index is 1.37. The summed E-state index contributed by atoms with van der Waals surface area (Å²) in [5.41, 5.74) is 5.46. The summed E-state index contributed by atoms with van der Waals surface area (Å²) < 4.78 is 0. The smallest absolute Gasteiger partial charge is 0.303 e. The van der Waals surface area contributed by atoms with E-state index in [1.165, 1.54) is 0 Å². The molecule has 1 N–H and O–H groups in total. The number of carboxylic acids is 1. The molecule has 1 amide bonds. The van der Waals surface area contributed by atoms with Crippen molar-refractivity contribution >= 4 is 40.2 Å². The first kappa shape index (κ1) is 25.6. The Bertz CT molecular complexity index is 1440. The highest BCUT2D eigenvalue weighted by Crippen LogP contribution is 2.27. The monoisotopic (exact) mass is 529 g/mol. The van der Waals surface area contributed by atoms with E-state index in [-0.39, 0.29) is 12.3 Å². The Hall–Kier alpha value is -4.04. The lowest BCUT2D eigenvalue weighted by Gasteiger charge is -2.36. The van der Waals surface area contributed by atoms with Gasteiger partial charge < -0.3 is 14.9 Å². The summed E-state index contributed by atoms with van der Waals surface area (Å²) in [6.07, 6.45) is 5.49. The van der Waals surface area contributed by atoms with Gasteiger partial charge in [-0.25, -0.2) is 9.97 Å². The number of pyridine rings is 1. The van der Waals surface area contributed by atoms with E-state index in [1.54, 1.807) is 12.4 Å². The van der Waals surface area contributed by atoms with E-state index >= 15 is 0 Å². The number of hydrogen-bond donors (Lipinski definition) is 1. The molecule has 2 aromatic heterocycles. The summed E-state index contributed by atoms with van der Waals surface area (Å²) in [4.78, 5) is 42.3. The van der Waals surface area contributed by atoms with Crippen LogP contribution in [0, 0.1) is 0 Å². The zero-order valence-electron chi connectivity index (χ0n) is 20.9. The van der Waals surface area contributed by atoms with Crippen LogP contribution in [-0.2, 0) is 11.2 Å². The number of benzene rings is 2. The van der Waals surface area contributed by atoms with Crippen molar-refractivity contribution in [1.29, 1.82) is 0 Å². The number of halogens is 1. The average Bonchev–Trinajstić information content (AvgIpc) is 2.95. The molecule has 9 heteroatoms. The number of rotatable bonds is 8. The molecule has 0 spiro atoms. The van der Waals surface area contributed by atoms with Gasteiger partial charge in [0, 0.05) is 66.8 Å². The first-order valence-corrected chi connectivity index (χ1v) is 13.1. The van der Waals surface area contributed by atoms with Gasteiger partial charge in [0.1, 0.15) is 0 Å². The Kier molecular flexibility index (Phi) is 7.79. The molecule has 0 bridgehead atoms. The van der Waals surface area contributed by atoms with E-state index in [9.17, 15) is 9.59 Å². The van der Waals surface area contributed by atoms with Crippen molar-refractivity contribution in [2.75, 3.05) is 31.1 Å². The molecule has 38 heavy (non-hydrogen) atoms.